The summed E-state index contributed by atoms with van der Waals surface area (Å²) in [7, 11) is 0. The third-order valence-electron chi connectivity index (χ3n) is 4.73. The van der Waals surface area contributed by atoms with Gasteiger partial charge in [0, 0.05) is 35.7 Å². The second-order valence-corrected chi connectivity index (χ2v) is 6.56. The van der Waals surface area contributed by atoms with E-state index in [0.29, 0.717) is 11.3 Å². The highest BCUT2D eigenvalue weighted by Gasteiger charge is 2.51. The van der Waals surface area contributed by atoms with Gasteiger partial charge in [-0.3, -0.25) is 24.8 Å². The summed E-state index contributed by atoms with van der Waals surface area (Å²) in [4.78, 5) is 35.6. The number of nitro groups is 1. The van der Waals surface area contributed by atoms with Gasteiger partial charge in [-0.1, -0.05) is 12.1 Å². The molecular weight excluding hydrogens is 342 g/mol. The Morgan fingerprint density at radius 1 is 1.46 bits per heavy atom. The maximum atomic E-state index is 12.6. The van der Waals surface area contributed by atoms with Gasteiger partial charge in [0.2, 0.25) is 0 Å². The number of nitrogens with zero attached hydrogens (tertiary/aromatic N) is 1. The van der Waals surface area contributed by atoms with Crippen molar-refractivity contribution in [3.8, 4) is 0 Å². The number of H-pyrrole nitrogens is 2. The number of aliphatic hydroxyl groups is 1. The van der Waals surface area contributed by atoms with Crippen LogP contribution in [0.2, 0.25) is 0 Å². The number of ether oxygens (including phenoxy) is 1. The summed E-state index contributed by atoms with van der Waals surface area (Å²) in [5, 5.41) is 27.3. The molecule has 1 aromatic carbocycles. The standard InChI is InChI=1S/C17H19N3O6/c1-3-26-16(22)14-12(9-5-4-6-10(7-9)20(24)25)13-11(8-17(14,2)23)18-19-15(13)21/h4-7,12,14,23H,3,8H2,1-2H3,(H2,18,19,21)/t12-,14+,17+/m0/s1. The van der Waals surface area contributed by atoms with Crippen LogP contribution in [0.3, 0.4) is 0 Å². The molecule has 0 unspecified atom stereocenters. The monoisotopic (exact) mass is 361 g/mol. The third-order valence-corrected chi connectivity index (χ3v) is 4.73. The third kappa shape index (κ3) is 2.90. The normalized spacial score (nSPS) is 24.7. The minimum absolute atomic E-state index is 0.0516. The summed E-state index contributed by atoms with van der Waals surface area (Å²) in [5.74, 6) is -2.60. The number of hydrogen-bond acceptors (Lipinski definition) is 6. The fourth-order valence-electron chi connectivity index (χ4n) is 3.68. The first-order chi connectivity index (χ1) is 12.3. The minimum Gasteiger partial charge on any atom is -0.466 e. The Bertz CT molecular complexity index is 913. The van der Waals surface area contributed by atoms with E-state index in [-0.39, 0.29) is 24.3 Å². The molecule has 3 rings (SSSR count). The number of carbonyl (C=O) groups is 1. The summed E-state index contributed by atoms with van der Waals surface area (Å²) in [6, 6.07) is 5.72. The van der Waals surface area contributed by atoms with Crippen LogP contribution in [0, 0.1) is 16.0 Å². The van der Waals surface area contributed by atoms with E-state index in [1.54, 1.807) is 13.0 Å². The van der Waals surface area contributed by atoms with Gasteiger partial charge >= 0.3 is 5.97 Å². The highest BCUT2D eigenvalue weighted by molar-refractivity contribution is 5.77. The lowest BCUT2D eigenvalue weighted by Gasteiger charge is -2.40. The SMILES string of the molecule is CCOC(=O)[C@H]1[C@@H](c2cccc([N+](=O)[O-])c2)c2c([nH][nH]c2=O)C[C@@]1(C)O. The summed E-state index contributed by atoms with van der Waals surface area (Å²) >= 11 is 0. The van der Waals surface area contributed by atoms with Crippen molar-refractivity contribution in [2.24, 2.45) is 5.92 Å². The van der Waals surface area contributed by atoms with Crippen LogP contribution in [0.1, 0.15) is 36.6 Å². The molecule has 1 aliphatic rings. The van der Waals surface area contributed by atoms with Crippen LogP contribution >= 0.6 is 0 Å². The van der Waals surface area contributed by atoms with Crippen molar-refractivity contribution in [2.45, 2.75) is 31.8 Å². The van der Waals surface area contributed by atoms with Crippen molar-refractivity contribution in [3.05, 3.63) is 61.6 Å². The summed E-state index contributed by atoms with van der Waals surface area (Å²) < 4.78 is 5.12. The van der Waals surface area contributed by atoms with Crippen molar-refractivity contribution in [1.29, 1.82) is 0 Å². The topological polar surface area (TPSA) is 138 Å². The lowest BCUT2D eigenvalue weighted by atomic mass is 9.66. The van der Waals surface area contributed by atoms with E-state index in [2.05, 4.69) is 10.2 Å². The Balaban J connectivity index is 2.23. The molecule has 0 radical (unpaired) electrons. The molecule has 0 saturated heterocycles. The lowest BCUT2D eigenvalue weighted by Crippen LogP contribution is -2.50. The molecule has 9 heteroatoms. The number of benzene rings is 1. The molecule has 2 aromatic rings. The van der Waals surface area contributed by atoms with E-state index in [9.17, 15) is 24.8 Å². The molecule has 0 spiro atoms. The highest BCUT2D eigenvalue weighted by atomic mass is 16.6. The zero-order valence-corrected chi connectivity index (χ0v) is 14.3. The smallest absolute Gasteiger partial charge is 0.312 e. The van der Waals surface area contributed by atoms with Gasteiger partial charge in [-0.25, -0.2) is 0 Å². The Morgan fingerprint density at radius 3 is 2.85 bits per heavy atom. The predicted octanol–water partition coefficient (Wildman–Crippen LogP) is 1.23. The molecule has 9 nitrogen and oxygen atoms in total. The maximum absolute atomic E-state index is 12.6. The number of hydrogen-bond donors (Lipinski definition) is 3. The van der Waals surface area contributed by atoms with E-state index in [0.717, 1.165) is 0 Å². The van der Waals surface area contributed by atoms with Gasteiger partial charge in [-0.05, 0) is 19.4 Å². The molecule has 3 N–H and O–H groups in total. The first-order valence-corrected chi connectivity index (χ1v) is 8.19. The number of aromatic amines is 2. The molecule has 0 saturated carbocycles. The van der Waals surface area contributed by atoms with Crippen LogP contribution in [0.5, 0.6) is 0 Å². The number of non-ortho nitro benzene ring substituents is 1. The molecule has 0 aliphatic heterocycles. The summed E-state index contributed by atoms with van der Waals surface area (Å²) in [5.41, 5.74) is -0.944. The number of nitrogens with one attached hydrogen (secondary N) is 2. The molecule has 1 aromatic heterocycles. The zero-order chi connectivity index (χ0) is 19.1. The van der Waals surface area contributed by atoms with Crippen LogP contribution in [0.25, 0.3) is 0 Å². The Hall–Kier alpha value is -2.94. The average Bonchev–Trinajstić information content (AvgIpc) is 2.93. The molecule has 3 atom stereocenters. The van der Waals surface area contributed by atoms with Gasteiger partial charge in [0.1, 0.15) is 0 Å². The van der Waals surface area contributed by atoms with Gasteiger partial charge in [-0.15, -0.1) is 0 Å². The van der Waals surface area contributed by atoms with Crippen molar-refractivity contribution in [1.82, 2.24) is 10.2 Å². The largest absolute Gasteiger partial charge is 0.466 e. The fourth-order valence-corrected chi connectivity index (χ4v) is 3.68. The first kappa shape index (κ1) is 17.9. The number of aromatic nitrogens is 2. The van der Waals surface area contributed by atoms with E-state index in [1.165, 1.54) is 25.1 Å². The number of fused-ring (bicyclic) bond motifs is 1. The van der Waals surface area contributed by atoms with Crippen LogP contribution in [-0.4, -0.2) is 38.4 Å². The second kappa shape index (κ2) is 6.41. The van der Waals surface area contributed by atoms with Gasteiger partial charge in [0.15, 0.2) is 0 Å². The Morgan fingerprint density at radius 2 is 2.19 bits per heavy atom. The summed E-state index contributed by atoms with van der Waals surface area (Å²) in [6.07, 6.45) is 0.0516. The summed E-state index contributed by atoms with van der Waals surface area (Å²) in [6.45, 7) is 3.25. The molecule has 0 bridgehead atoms. The fraction of sp³-hybridized carbons (Fsp3) is 0.412. The molecular formula is C17H19N3O6. The quantitative estimate of drug-likeness (QED) is 0.425. The number of carbonyl (C=O) groups excluding carboxylic acids is 1. The van der Waals surface area contributed by atoms with Crippen LogP contribution < -0.4 is 5.56 Å². The molecule has 1 heterocycles. The average molecular weight is 361 g/mol. The van der Waals surface area contributed by atoms with E-state index >= 15 is 0 Å². The van der Waals surface area contributed by atoms with Gasteiger partial charge in [0.25, 0.3) is 11.2 Å². The van der Waals surface area contributed by atoms with Crippen LogP contribution in [-0.2, 0) is 16.0 Å². The van der Waals surface area contributed by atoms with Gasteiger partial charge < -0.3 is 14.9 Å². The van der Waals surface area contributed by atoms with Crippen LogP contribution in [0.4, 0.5) is 5.69 Å². The molecule has 1 aliphatic carbocycles. The Labute approximate surface area is 148 Å². The molecule has 0 fully saturated rings. The Kier molecular flexibility index (Phi) is 4.41. The highest BCUT2D eigenvalue weighted by Crippen LogP contribution is 2.44. The van der Waals surface area contributed by atoms with Gasteiger partial charge in [0.05, 0.1) is 23.0 Å². The molecule has 0 amide bonds. The second-order valence-electron chi connectivity index (χ2n) is 6.56. The first-order valence-electron chi connectivity index (χ1n) is 8.19. The molecule has 26 heavy (non-hydrogen) atoms. The van der Waals surface area contributed by atoms with Crippen molar-refractivity contribution in [3.63, 3.8) is 0 Å². The minimum atomic E-state index is -1.50. The van der Waals surface area contributed by atoms with E-state index < -0.39 is 33.9 Å². The van der Waals surface area contributed by atoms with Crippen molar-refractivity contribution in [2.75, 3.05) is 6.61 Å². The number of rotatable bonds is 4. The van der Waals surface area contributed by atoms with E-state index in [1.807, 2.05) is 0 Å². The maximum Gasteiger partial charge on any atom is 0.312 e. The number of nitro benzene ring substituents is 1. The number of esters is 1. The van der Waals surface area contributed by atoms with Crippen molar-refractivity contribution >= 4 is 11.7 Å². The molecule has 138 valence electrons. The van der Waals surface area contributed by atoms with Crippen LogP contribution in [0.15, 0.2) is 29.1 Å². The van der Waals surface area contributed by atoms with Crippen molar-refractivity contribution < 1.29 is 19.6 Å². The lowest BCUT2D eigenvalue weighted by molar-refractivity contribution is -0.384. The van der Waals surface area contributed by atoms with Gasteiger partial charge in [-0.2, -0.15) is 0 Å². The zero-order valence-electron chi connectivity index (χ0n) is 14.3. The predicted molar refractivity (Wildman–Crippen MR) is 90.8 cm³/mol. The van der Waals surface area contributed by atoms with E-state index in [4.69, 9.17) is 4.74 Å².